The van der Waals surface area contributed by atoms with Crippen LogP contribution in [0, 0.1) is 0 Å². The molecule has 0 aliphatic carbocycles. The molecule has 0 atom stereocenters. The van der Waals surface area contributed by atoms with Crippen molar-refractivity contribution in [3.05, 3.63) is 29.3 Å². The predicted molar refractivity (Wildman–Crippen MR) is 91.2 cm³/mol. The molecule has 0 saturated carbocycles. The van der Waals surface area contributed by atoms with E-state index in [-0.39, 0.29) is 5.91 Å². The van der Waals surface area contributed by atoms with Gasteiger partial charge in [0.2, 0.25) is 5.91 Å². The molecular weight excluding hydrogens is 276 g/mol. The quantitative estimate of drug-likeness (QED) is 0.793. The fourth-order valence-corrected chi connectivity index (χ4v) is 2.72. The van der Waals surface area contributed by atoms with Crippen molar-refractivity contribution in [3.63, 3.8) is 0 Å². The van der Waals surface area contributed by atoms with E-state index in [2.05, 4.69) is 40.8 Å². The average molecular weight is 304 g/mol. The van der Waals surface area contributed by atoms with E-state index < -0.39 is 0 Å². The molecule has 1 amide bonds. The maximum absolute atomic E-state index is 11.8. The van der Waals surface area contributed by atoms with Crippen molar-refractivity contribution in [2.45, 2.75) is 19.4 Å². The van der Waals surface area contributed by atoms with Gasteiger partial charge in [0.05, 0.1) is 0 Å². The molecule has 2 N–H and O–H groups in total. The molecule has 0 aromatic heterocycles. The van der Waals surface area contributed by atoms with E-state index in [1.165, 1.54) is 11.1 Å². The molecule has 122 valence electrons. The number of benzene rings is 1. The number of likely N-dealkylation sites (N-methyl/N-ethyl adjacent to an activating group) is 2. The number of anilines is 1. The third-order valence-electron chi connectivity index (χ3n) is 4.20. The van der Waals surface area contributed by atoms with Gasteiger partial charge in [-0.2, -0.15) is 0 Å². The molecule has 2 rings (SSSR count). The number of amides is 1. The number of fused-ring (bicyclic) bond motifs is 1. The second-order valence-corrected chi connectivity index (χ2v) is 6.07. The number of hydrogen-bond donors (Lipinski definition) is 2. The number of nitrogens with one attached hydrogen (secondary N) is 2. The monoisotopic (exact) mass is 304 g/mol. The summed E-state index contributed by atoms with van der Waals surface area (Å²) in [7, 11) is 5.89. The van der Waals surface area contributed by atoms with Gasteiger partial charge in [-0.1, -0.05) is 6.07 Å². The summed E-state index contributed by atoms with van der Waals surface area (Å²) in [5, 5.41) is 6.42. The van der Waals surface area contributed by atoms with Crippen molar-refractivity contribution >= 4 is 11.6 Å². The second-order valence-electron chi connectivity index (χ2n) is 6.07. The van der Waals surface area contributed by atoms with Gasteiger partial charge in [0.15, 0.2) is 0 Å². The Labute approximate surface area is 133 Å². The molecule has 0 spiro atoms. The highest BCUT2D eigenvalue weighted by Gasteiger charge is 2.13. The van der Waals surface area contributed by atoms with Crippen LogP contribution in [0.2, 0.25) is 0 Å². The van der Waals surface area contributed by atoms with Crippen LogP contribution < -0.4 is 10.6 Å². The number of carbonyl (C=O) groups is 1. The first-order chi connectivity index (χ1) is 10.6. The minimum atomic E-state index is 0.184. The van der Waals surface area contributed by atoms with Crippen LogP contribution in [-0.4, -0.2) is 63.0 Å². The summed E-state index contributed by atoms with van der Waals surface area (Å²) in [5.74, 6) is 0.184. The van der Waals surface area contributed by atoms with Crippen molar-refractivity contribution < 1.29 is 4.79 Å². The summed E-state index contributed by atoms with van der Waals surface area (Å²) < 4.78 is 0. The minimum absolute atomic E-state index is 0.184. The zero-order valence-electron chi connectivity index (χ0n) is 14.0. The molecule has 0 unspecified atom stereocenters. The first kappa shape index (κ1) is 16.8. The van der Waals surface area contributed by atoms with Gasteiger partial charge in [-0.05, 0) is 43.8 Å². The fourth-order valence-electron chi connectivity index (χ4n) is 2.72. The first-order valence-corrected chi connectivity index (χ1v) is 8.03. The van der Waals surface area contributed by atoms with Crippen LogP contribution in [-0.2, 0) is 17.8 Å². The lowest BCUT2D eigenvalue weighted by Crippen LogP contribution is -2.33. The van der Waals surface area contributed by atoms with Crippen LogP contribution in [0.3, 0.4) is 0 Å². The summed E-state index contributed by atoms with van der Waals surface area (Å²) in [6, 6.07) is 6.62. The second kappa shape index (κ2) is 8.15. The van der Waals surface area contributed by atoms with Gasteiger partial charge in [-0.3, -0.25) is 4.79 Å². The summed E-state index contributed by atoms with van der Waals surface area (Å²) in [4.78, 5) is 16.0. The van der Waals surface area contributed by atoms with Gasteiger partial charge in [0.1, 0.15) is 0 Å². The Morgan fingerprint density at radius 2 is 2.14 bits per heavy atom. The summed E-state index contributed by atoms with van der Waals surface area (Å²) in [5.41, 5.74) is 4.02. The van der Waals surface area contributed by atoms with E-state index in [0.29, 0.717) is 6.42 Å². The normalized spacial score (nSPS) is 14.5. The van der Waals surface area contributed by atoms with Crippen molar-refractivity contribution in [2.75, 3.05) is 52.6 Å². The lowest BCUT2D eigenvalue weighted by Gasteiger charge is -2.25. The number of nitrogens with zero attached hydrogens (tertiary/aromatic N) is 2. The van der Waals surface area contributed by atoms with Gasteiger partial charge in [-0.25, -0.2) is 0 Å². The maximum Gasteiger partial charge on any atom is 0.223 e. The number of rotatable bonds is 7. The molecule has 1 aliphatic heterocycles. The van der Waals surface area contributed by atoms with E-state index in [0.717, 1.165) is 44.8 Å². The molecule has 1 aromatic carbocycles. The van der Waals surface area contributed by atoms with Gasteiger partial charge < -0.3 is 20.4 Å². The van der Waals surface area contributed by atoms with E-state index >= 15 is 0 Å². The smallest absolute Gasteiger partial charge is 0.223 e. The van der Waals surface area contributed by atoms with Crippen molar-refractivity contribution in [2.24, 2.45) is 0 Å². The minimum Gasteiger partial charge on any atom is -0.383 e. The fraction of sp³-hybridized carbons (Fsp3) is 0.588. The largest absolute Gasteiger partial charge is 0.383 e. The molecule has 22 heavy (non-hydrogen) atoms. The molecule has 1 aliphatic rings. The molecule has 0 fully saturated rings. The van der Waals surface area contributed by atoms with Crippen LogP contribution >= 0.6 is 0 Å². The predicted octanol–water partition coefficient (Wildman–Crippen LogP) is 1.15. The Bertz CT molecular complexity index is 503. The van der Waals surface area contributed by atoms with Crippen molar-refractivity contribution in [1.29, 1.82) is 0 Å². The van der Waals surface area contributed by atoms with Crippen LogP contribution in [0.25, 0.3) is 0 Å². The van der Waals surface area contributed by atoms with Crippen LogP contribution in [0.4, 0.5) is 5.69 Å². The first-order valence-electron chi connectivity index (χ1n) is 8.03. The van der Waals surface area contributed by atoms with Gasteiger partial charge in [0.25, 0.3) is 0 Å². The van der Waals surface area contributed by atoms with E-state index in [1.54, 1.807) is 4.90 Å². The Morgan fingerprint density at radius 1 is 1.32 bits per heavy atom. The van der Waals surface area contributed by atoms with Crippen LogP contribution in [0.1, 0.15) is 17.5 Å². The van der Waals surface area contributed by atoms with E-state index in [1.807, 2.05) is 14.1 Å². The summed E-state index contributed by atoms with van der Waals surface area (Å²) >= 11 is 0. The summed E-state index contributed by atoms with van der Waals surface area (Å²) in [6.45, 7) is 4.39. The topological polar surface area (TPSA) is 47.6 Å². The third-order valence-corrected chi connectivity index (χ3v) is 4.20. The highest BCUT2D eigenvalue weighted by Crippen LogP contribution is 2.21. The molecule has 1 aromatic rings. The molecule has 5 heteroatoms. The Kier molecular flexibility index (Phi) is 6.21. The van der Waals surface area contributed by atoms with Crippen molar-refractivity contribution in [3.8, 4) is 0 Å². The molecular formula is C17H28N4O. The molecule has 1 heterocycles. The number of carbonyl (C=O) groups excluding carboxylic acids is 1. The highest BCUT2D eigenvalue weighted by molar-refractivity contribution is 5.76. The van der Waals surface area contributed by atoms with Crippen LogP contribution in [0.5, 0.6) is 0 Å². The van der Waals surface area contributed by atoms with Crippen molar-refractivity contribution in [1.82, 2.24) is 15.1 Å². The summed E-state index contributed by atoms with van der Waals surface area (Å²) in [6.07, 6.45) is 1.69. The zero-order chi connectivity index (χ0) is 15.9. The van der Waals surface area contributed by atoms with Gasteiger partial charge in [0, 0.05) is 51.9 Å². The van der Waals surface area contributed by atoms with E-state index in [4.69, 9.17) is 0 Å². The zero-order valence-corrected chi connectivity index (χ0v) is 14.0. The number of hydrogen-bond acceptors (Lipinski definition) is 4. The maximum atomic E-state index is 11.8. The van der Waals surface area contributed by atoms with Gasteiger partial charge >= 0.3 is 0 Å². The highest BCUT2D eigenvalue weighted by atomic mass is 16.2. The standard InChI is InChI=1S/C17H28N4O/c1-18-8-6-17(22)21(3)11-9-19-16-5-4-14-7-10-20(2)13-15(14)12-16/h4-5,12,18-19H,6-11,13H2,1-3H3. The molecule has 0 saturated heterocycles. The molecule has 0 radical (unpaired) electrons. The molecule has 5 nitrogen and oxygen atoms in total. The average Bonchev–Trinajstić information content (AvgIpc) is 2.52. The lowest BCUT2D eigenvalue weighted by molar-refractivity contribution is -0.129. The Balaban J connectivity index is 1.80. The SMILES string of the molecule is CNCCC(=O)N(C)CCNc1ccc2c(c1)CN(C)CC2. The third kappa shape index (κ3) is 4.71. The lowest BCUT2D eigenvalue weighted by atomic mass is 9.99. The van der Waals surface area contributed by atoms with Gasteiger partial charge in [-0.15, -0.1) is 0 Å². The Morgan fingerprint density at radius 3 is 2.91 bits per heavy atom. The van der Waals surface area contributed by atoms with E-state index in [9.17, 15) is 4.79 Å². The molecule has 0 bridgehead atoms. The Hall–Kier alpha value is -1.59. The van der Waals surface area contributed by atoms with Crippen LogP contribution in [0.15, 0.2) is 18.2 Å².